The van der Waals surface area contributed by atoms with Crippen LogP contribution in [0, 0.1) is 0 Å². The average molecular weight is 575 g/mol. The maximum absolute atomic E-state index is 13.7. The van der Waals surface area contributed by atoms with Gasteiger partial charge in [-0.1, -0.05) is 30.3 Å². The number of piperazine rings is 1. The Balaban J connectivity index is 1.59. The van der Waals surface area contributed by atoms with Crippen LogP contribution in [-0.2, 0) is 4.79 Å². The molecule has 218 valence electrons. The summed E-state index contributed by atoms with van der Waals surface area (Å²) in [6.45, 7) is 2.43. The number of fused-ring (bicyclic) bond motifs is 2. The van der Waals surface area contributed by atoms with E-state index in [1.165, 1.54) is 13.2 Å². The lowest BCUT2D eigenvalue weighted by Gasteiger charge is -2.33. The van der Waals surface area contributed by atoms with Crippen LogP contribution in [0.2, 0.25) is 0 Å². The molecule has 1 amide bonds. The maximum atomic E-state index is 13.7. The fraction of sp³-hybridized carbons (Fsp3) is 0.290. The molecule has 1 atom stereocenters. The van der Waals surface area contributed by atoms with E-state index in [4.69, 9.17) is 18.6 Å². The monoisotopic (exact) mass is 574 g/mol. The average Bonchev–Trinajstić information content (AvgIpc) is 3.48. The van der Waals surface area contributed by atoms with E-state index in [0.29, 0.717) is 54.6 Å². The molecule has 1 aromatic heterocycles. The number of likely N-dealkylation sites (N-methyl/N-ethyl adjacent to an activating group) is 1. The number of hydrogen-bond acceptors (Lipinski definition) is 10. The molecule has 3 aromatic carbocycles. The minimum atomic E-state index is -0.955. The van der Waals surface area contributed by atoms with Gasteiger partial charge in [-0.2, -0.15) is 0 Å². The van der Waals surface area contributed by atoms with Crippen LogP contribution in [-0.4, -0.2) is 78.2 Å². The van der Waals surface area contributed by atoms with E-state index < -0.39 is 28.6 Å². The van der Waals surface area contributed by atoms with Crippen molar-refractivity contribution in [3.8, 4) is 45.8 Å². The summed E-state index contributed by atoms with van der Waals surface area (Å²) >= 11 is 0. The van der Waals surface area contributed by atoms with Gasteiger partial charge in [-0.25, -0.2) is 0 Å². The molecule has 0 saturated carbocycles. The lowest BCUT2D eigenvalue weighted by atomic mass is 9.85. The van der Waals surface area contributed by atoms with Crippen molar-refractivity contribution in [1.29, 1.82) is 0 Å². The second-order valence-electron chi connectivity index (χ2n) is 10.4. The number of ether oxygens (including phenoxy) is 3. The highest BCUT2D eigenvalue weighted by Crippen LogP contribution is 2.51. The third kappa shape index (κ3) is 4.71. The lowest BCUT2D eigenvalue weighted by molar-refractivity contribution is -0.133. The summed E-state index contributed by atoms with van der Waals surface area (Å²) in [5.74, 6) is -2.27. The van der Waals surface area contributed by atoms with Gasteiger partial charge in [0, 0.05) is 55.7 Å². The van der Waals surface area contributed by atoms with E-state index >= 15 is 0 Å². The Labute approximate surface area is 240 Å². The Morgan fingerprint density at radius 1 is 0.976 bits per heavy atom. The number of carbonyl (C=O) groups excluding carboxylic acids is 1. The molecular formula is C31H30N2O9. The van der Waals surface area contributed by atoms with Gasteiger partial charge in [0.2, 0.25) is 24.2 Å². The number of nitrogens with zero attached hydrogens (tertiary/aromatic N) is 2. The molecule has 4 aromatic rings. The summed E-state index contributed by atoms with van der Waals surface area (Å²) in [5, 5.41) is 32.6. The minimum Gasteiger partial charge on any atom is -0.504 e. The van der Waals surface area contributed by atoms with Crippen LogP contribution in [0.25, 0.3) is 22.3 Å². The van der Waals surface area contributed by atoms with Crippen LogP contribution in [0.3, 0.4) is 0 Å². The van der Waals surface area contributed by atoms with Crippen molar-refractivity contribution in [2.24, 2.45) is 0 Å². The van der Waals surface area contributed by atoms with Crippen LogP contribution in [0.4, 0.5) is 0 Å². The topological polar surface area (TPSA) is 142 Å². The minimum absolute atomic E-state index is 0.0243. The Kier molecular flexibility index (Phi) is 7.03. The first-order valence-corrected chi connectivity index (χ1v) is 13.5. The van der Waals surface area contributed by atoms with Crippen molar-refractivity contribution in [3.05, 3.63) is 69.9 Å². The van der Waals surface area contributed by atoms with Crippen molar-refractivity contribution in [3.63, 3.8) is 0 Å². The zero-order valence-corrected chi connectivity index (χ0v) is 23.1. The molecule has 6 rings (SSSR count). The van der Waals surface area contributed by atoms with Crippen LogP contribution in [0.1, 0.15) is 23.5 Å². The van der Waals surface area contributed by atoms with Gasteiger partial charge in [-0.15, -0.1) is 0 Å². The van der Waals surface area contributed by atoms with E-state index in [0.717, 1.165) is 0 Å². The normalized spacial score (nSPS) is 15.6. The molecule has 0 radical (unpaired) electrons. The molecule has 0 unspecified atom stereocenters. The Hall–Kier alpha value is -4.90. The molecule has 2 aliphatic heterocycles. The molecule has 42 heavy (non-hydrogen) atoms. The van der Waals surface area contributed by atoms with Gasteiger partial charge in [-0.05, 0) is 24.7 Å². The zero-order valence-electron chi connectivity index (χ0n) is 23.1. The van der Waals surface area contributed by atoms with Gasteiger partial charge in [0.15, 0.2) is 28.4 Å². The van der Waals surface area contributed by atoms with Crippen LogP contribution >= 0.6 is 0 Å². The van der Waals surface area contributed by atoms with E-state index in [-0.39, 0.29) is 41.4 Å². The lowest BCUT2D eigenvalue weighted by Crippen LogP contribution is -2.47. The Bertz CT molecular complexity index is 1730. The Morgan fingerprint density at radius 3 is 2.43 bits per heavy atom. The second-order valence-corrected chi connectivity index (χ2v) is 10.4. The molecule has 1 fully saturated rings. The van der Waals surface area contributed by atoms with E-state index in [1.807, 2.05) is 13.1 Å². The second kappa shape index (κ2) is 10.8. The molecule has 11 nitrogen and oxygen atoms in total. The summed E-state index contributed by atoms with van der Waals surface area (Å²) in [5.41, 5.74) is 0.259. The predicted molar refractivity (Wildman–Crippen MR) is 153 cm³/mol. The Morgan fingerprint density at radius 2 is 1.71 bits per heavy atom. The first-order chi connectivity index (χ1) is 20.3. The number of phenolic OH excluding ortho intramolecular Hbond substituents is 3. The van der Waals surface area contributed by atoms with Gasteiger partial charge >= 0.3 is 0 Å². The number of benzene rings is 3. The predicted octanol–water partition coefficient (Wildman–Crippen LogP) is 3.61. The van der Waals surface area contributed by atoms with Crippen molar-refractivity contribution < 1.29 is 38.7 Å². The van der Waals surface area contributed by atoms with Crippen molar-refractivity contribution in [1.82, 2.24) is 9.80 Å². The largest absolute Gasteiger partial charge is 0.504 e. The molecule has 0 bridgehead atoms. The van der Waals surface area contributed by atoms with E-state index in [9.17, 15) is 24.9 Å². The molecule has 0 aliphatic carbocycles. The van der Waals surface area contributed by atoms with Crippen molar-refractivity contribution in [2.45, 2.75) is 12.3 Å². The molecular weight excluding hydrogens is 544 g/mol. The van der Waals surface area contributed by atoms with Crippen molar-refractivity contribution in [2.75, 3.05) is 47.1 Å². The van der Waals surface area contributed by atoms with Crippen LogP contribution < -0.4 is 19.6 Å². The van der Waals surface area contributed by atoms with Crippen LogP contribution in [0.5, 0.6) is 34.5 Å². The van der Waals surface area contributed by atoms with E-state index in [2.05, 4.69) is 4.90 Å². The van der Waals surface area contributed by atoms with Gasteiger partial charge < -0.3 is 43.7 Å². The number of amides is 1. The van der Waals surface area contributed by atoms with Crippen molar-refractivity contribution >= 4 is 16.9 Å². The van der Waals surface area contributed by atoms with Crippen LogP contribution in [0.15, 0.2) is 57.7 Å². The number of methoxy groups -OCH3 is 1. The smallest absolute Gasteiger partial charge is 0.231 e. The fourth-order valence-corrected chi connectivity index (χ4v) is 5.54. The third-order valence-corrected chi connectivity index (χ3v) is 7.86. The molecule has 3 N–H and O–H groups in total. The van der Waals surface area contributed by atoms with E-state index in [1.54, 1.807) is 41.3 Å². The number of carbonyl (C=O) groups is 1. The number of phenols is 3. The molecule has 1 saturated heterocycles. The standard InChI is InChI=1S/C31H30N2O9/c1-32-8-10-33(11-9-32)24(35)14-19(18-12-22(39-2)30-23(13-18)40-16-41-30)25-27(36)29(38)28(37)26-20(34)15-21(42-31(25)26)17-6-4-3-5-7-17/h3-7,12-13,15,19,36-38H,8-11,14,16H2,1-2H3/t19-/m0/s1. The summed E-state index contributed by atoms with van der Waals surface area (Å²) < 4.78 is 22.9. The molecule has 11 heteroatoms. The summed E-state index contributed by atoms with van der Waals surface area (Å²) in [4.78, 5) is 31.0. The first-order valence-electron chi connectivity index (χ1n) is 13.5. The van der Waals surface area contributed by atoms with Gasteiger partial charge in [0.05, 0.1) is 7.11 Å². The zero-order chi connectivity index (χ0) is 29.5. The molecule has 0 spiro atoms. The highest BCUT2D eigenvalue weighted by atomic mass is 16.7. The third-order valence-electron chi connectivity index (χ3n) is 7.86. The summed E-state index contributed by atoms with van der Waals surface area (Å²) in [7, 11) is 3.45. The number of hydrogen-bond donors (Lipinski definition) is 3. The maximum Gasteiger partial charge on any atom is 0.231 e. The summed E-state index contributed by atoms with van der Waals surface area (Å²) in [6, 6.07) is 13.4. The molecule has 3 heterocycles. The SMILES string of the molecule is COc1cc([C@H](CC(=O)N2CCN(C)CC2)c2c(O)c(O)c(O)c3c(=O)cc(-c4ccccc4)oc23)cc2c1OCO2. The summed E-state index contributed by atoms with van der Waals surface area (Å²) in [6.07, 6.45) is -0.154. The van der Waals surface area contributed by atoms with Gasteiger partial charge in [-0.3, -0.25) is 9.59 Å². The number of rotatable bonds is 6. The highest BCUT2D eigenvalue weighted by Gasteiger charge is 2.34. The molecule has 2 aliphatic rings. The van der Waals surface area contributed by atoms with Gasteiger partial charge in [0.25, 0.3) is 0 Å². The van der Waals surface area contributed by atoms with Gasteiger partial charge in [0.1, 0.15) is 16.7 Å². The number of aromatic hydroxyl groups is 3. The first kappa shape index (κ1) is 27.3. The fourth-order valence-electron chi connectivity index (χ4n) is 5.54. The highest BCUT2D eigenvalue weighted by molar-refractivity contribution is 5.94. The quantitative estimate of drug-likeness (QED) is 0.292.